The fraction of sp³-hybridized carbons (Fsp3) is 0.364. The Hall–Kier alpha value is -1.60. The van der Waals surface area contributed by atoms with Crippen molar-refractivity contribution in [3.63, 3.8) is 0 Å². The van der Waals surface area contributed by atoms with Gasteiger partial charge in [0.05, 0.1) is 11.3 Å². The van der Waals surface area contributed by atoms with Crippen molar-refractivity contribution in [1.82, 2.24) is 0 Å². The predicted octanol–water partition coefficient (Wildman–Crippen LogP) is 0.872. The van der Waals surface area contributed by atoms with Gasteiger partial charge in [0.15, 0.2) is 0 Å². The van der Waals surface area contributed by atoms with E-state index in [1.807, 2.05) is 0 Å². The van der Waals surface area contributed by atoms with Gasteiger partial charge in [0.25, 0.3) is 0 Å². The molecule has 0 aromatic heterocycles. The summed E-state index contributed by atoms with van der Waals surface area (Å²) in [6.45, 7) is 5.10. The highest BCUT2D eigenvalue weighted by molar-refractivity contribution is 7.89. The molecule has 6 nitrogen and oxygen atoms in total. The summed E-state index contributed by atoms with van der Waals surface area (Å²) in [5.74, 6) is -0.689. The van der Waals surface area contributed by atoms with Gasteiger partial charge in [-0.05, 0) is 32.9 Å². The van der Waals surface area contributed by atoms with Crippen LogP contribution in [-0.4, -0.2) is 20.0 Å². The molecule has 0 aliphatic heterocycles. The Morgan fingerprint density at radius 3 is 2.28 bits per heavy atom. The van der Waals surface area contributed by atoms with Gasteiger partial charge >= 0.3 is 5.97 Å². The Balaban J connectivity index is 3.25. The van der Waals surface area contributed by atoms with Gasteiger partial charge in [-0.25, -0.2) is 18.4 Å². The second-order valence-electron chi connectivity index (χ2n) is 4.76. The smallest absolute Gasteiger partial charge is 0.340 e. The number of esters is 1. The van der Waals surface area contributed by atoms with Gasteiger partial charge in [0, 0.05) is 0 Å². The first-order chi connectivity index (χ1) is 8.02. The zero-order valence-electron chi connectivity index (χ0n) is 10.4. The summed E-state index contributed by atoms with van der Waals surface area (Å²) < 4.78 is 27.6. The van der Waals surface area contributed by atoms with Crippen molar-refractivity contribution >= 4 is 21.7 Å². The van der Waals surface area contributed by atoms with Crippen molar-refractivity contribution in [3.8, 4) is 0 Å². The molecule has 0 saturated heterocycles. The molecule has 7 heteroatoms. The van der Waals surface area contributed by atoms with Crippen LogP contribution in [0.2, 0.25) is 0 Å². The Kier molecular flexibility index (Phi) is 3.68. The third-order valence-corrected chi connectivity index (χ3v) is 2.96. The largest absolute Gasteiger partial charge is 0.456 e. The molecule has 0 aliphatic rings. The van der Waals surface area contributed by atoms with Gasteiger partial charge in [-0.15, -0.1) is 0 Å². The average molecular weight is 272 g/mol. The van der Waals surface area contributed by atoms with E-state index >= 15 is 0 Å². The van der Waals surface area contributed by atoms with Crippen LogP contribution in [0, 0.1) is 0 Å². The highest BCUT2D eigenvalue weighted by Gasteiger charge is 2.23. The van der Waals surface area contributed by atoms with Crippen molar-refractivity contribution in [2.24, 2.45) is 5.14 Å². The molecule has 4 N–H and O–H groups in total. The molecule has 0 unspecified atom stereocenters. The normalized spacial score (nSPS) is 12.2. The number of carbonyl (C=O) groups excluding carboxylic acids is 1. The maximum atomic E-state index is 11.8. The summed E-state index contributed by atoms with van der Waals surface area (Å²) in [5, 5.41) is 4.99. The molecule has 0 amide bonds. The molecule has 0 spiro atoms. The van der Waals surface area contributed by atoms with Crippen molar-refractivity contribution in [3.05, 3.63) is 23.8 Å². The zero-order valence-corrected chi connectivity index (χ0v) is 11.2. The number of hydrogen-bond donors (Lipinski definition) is 2. The first kappa shape index (κ1) is 14.5. The van der Waals surface area contributed by atoms with E-state index in [9.17, 15) is 13.2 Å². The van der Waals surface area contributed by atoms with Gasteiger partial charge in [0.2, 0.25) is 10.0 Å². The van der Waals surface area contributed by atoms with Crippen LogP contribution in [0.4, 0.5) is 5.69 Å². The number of nitrogen functional groups attached to an aromatic ring is 1. The van der Waals surface area contributed by atoms with E-state index in [0.717, 1.165) is 0 Å². The quantitative estimate of drug-likeness (QED) is 0.612. The minimum Gasteiger partial charge on any atom is -0.456 e. The number of carbonyl (C=O) groups is 1. The number of rotatable bonds is 2. The maximum Gasteiger partial charge on any atom is 0.340 e. The van der Waals surface area contributed by atoms with E-state index in [4.69, 9.17) is 15.6 Å². The summed E-state index contributed by atoms with van der Waals surface area (Å²) in [4.78, 5) is 11.5. The Bertz CT molecular complexity index is 573. The lowest BCUT2D eigenvalue weighted by Crippen LogP contribution is -2.25. The van der Waals surface area contributed by atoms with Crippen LogP contribution in [0.5, 0.6) is 0 Å². The lowest BCUT2D eigenvalue weighted by atomic mass is 10.1. The molecule has 1 aromatic rings. The minimum absolute atomic E-state index is 0.0172. The molecule has 0 aliphatic carbocycles. The molecule has 0 heterocycles. The van der Waals surface area contributed by atoms with Gasteiger partial charge in [-0.1, -0.05) is 6.07 Å². The second-order valence-corrected chi connectivity index (χ2v) is 6.29. The highest BCUT2D eigenvalue weighted by Crippen LogP contribution is 2.23. The number of hydrogen-bond acceptors (Lipinski definition) is 5. The van der Waals surface area contributed by atoms with Gasteiger partial charge in [-0.2, -0.15) is 0 Å². The third-order valence-electron chi connectivity index (χ3n) is 1.99. The lowest BCUT2D eigenvalue weighted by molar-refractivity contribution is 0.00706. The monoisotopic (exact) mass is 272 g/mol. The fourth-order valence-electron chi connectivity index (χ4n) is 1.30. The topological polar surface area (TPSA) is 112 Å². The third kappa shape index (κ3) is 3.44. The number of benzene rings is 1. The second kappa shape index (κ2) is 4.58. The first-order valence-electron chi connectivity index (χ1n) is 5.17. The Morgan fingerprint density at radius 2 is 1.83 bits per heavy atom. The zero-order chi connectivity index (χ0) is 14.1. The molecule has 0 radical (unpaired) electrons. The van der Waals surface area contributed by atoms with E-state index in [1.165, 1.54) is 18.2 Å². The van der Waals surface area contributed by atoms with Crippen LogP contribution in [0.3, 0.4) is 0 Å². The average Bonchev–Trinajstić information content (AvgIpc) is 2.12. The summed E-state index contributed by atoms with van der Waals surface area (Å²) >= 11 is 0. The summed E-state index contributed by atoms with van der Waals surface area (Å²) in [5.41, 5.74) is 4.72. The number of ether oxygens (including phenoxy) is 1. The van der Waals surface area contributed by atoms with Crippen LogP contribution >= 0.6 is 0 Å². The van der Waals surface area contributed by atoms with Crippen molar-refractivity contribution < 1.29 is 17.9 Å². The van der Waals surface area contributed by atoms with Gasteiger partial charge in [0.1, 0.15) is 10.5 Å². The molecule has 1 rings (SSSR count). The van der Waals surface area contributed by atoms with Crippen molar-refractivity contribution in [2.75, 3.05) is 5.73 Å². The van der Waals surface area contributed by atoms with Crippen LogP contribution in [0.1, 0.15) is 31.1 Å². The lowest BCUT2D eigenvalue weighted by Gasteiger charge is -2.20. The molecule has 0 saturated carbocycles. The van der Waals surface area contributed by atoms with Crippen LogP contribution in [-0.2, 0) is 14.8 Å². The molecular weight excluding hydrogens is 256 g/mol. The summed E-state index contributed by atoms with van der Waals surface area (Å²) in [7, 11) is -3.97. The Morgan fingerprint density at radius 1 is 1.28 bits per heavy atom. The van der Waals surface area contributed by atoms with E-state index in [-0.39, 0.29) is 16.1 Å². The van der Waals surface area contributed by atoms with Crippen LogP contribution in [0.25, 0.3) is 0 Å². The maximum absolute atomic E-state index is 11.8. The molecule has 0 fully saturated rings. The molecule has 100 valence electrons. The van der Waals surface area contributed by atoms with Crippen molar-refractivity contribution in [2.45, 2.75) is 31.3 Å². The first-order valence-corrected chi connectivity index (χ1v) is 6.71. The standard InChI is InChI=1S/C11H16N2O4S/c1-11(2,3)17-10(14)7-5-4-6-8(9(7)12)18(13,15)16/h4-6H,12H2,1-3H3,(H2,13,15,16). The van der Waals surface area contributed by atoms with Crippen LogP contribution in [0.15, 0.2) is 23.1 Å². The van der Waals surface area contributed by atoms with E-state index in [0.29, 0.717) is 0 Å². The van der Waals surface area contributed by atoms with Gasteiger partial charge in [-0.3, -0.25) is 0 Å². The number of para-hydroxylation sites is 1. The minimum atomic E-state index is -3.97. The highest BCUT2D eigenvalue weighted by atomic mass is 32.2. The number of sulfonamides is 1. The fourth-order valence-corrected chi connectivity index (χ4v) is 1.99. The Labute approximate surface area is 106 Å². The summed E-state index contributed by atoms with van der Waals surface area (Å²) in [6.07, 6.45) is 0. The van der Waals surface area contributed by atoms with E-state index < -0.39 is 21.6 Å². The van der Waals surface area contributed by atoms with Gasteiger partial charge < -0.3 is 10.5 Å². The SMILES string of the molecule is CC(C)(C)OC(=O)c1cccc(S(N)(=O)=O)c1N. The molecule has 1 aromatic carbocycles. The van der Waals surface area contributed by atoms with Crippen LogP contribution < -0.4 is 10.9 Å². The molecule has 0 bridgehead atoms. The number of anilines is 1. The van der Waals surface area contributed by atoms with E-state index in [1.54, 1.807) is 20.8 Å². The molecule has 0 atom stereocenters. The number of nitrogens with two attached hydrogens (primary N) is 2. The van der Waals surface area contributed by atoms with Crippen molar-refractivity contribution in [1.29, 1.82) is 0 Å². The molecule has 18 heavy (non-hydrogen) atoms. The number of primary sulfonamides is 1. The predicted molar refractivity (Wildman–Crippen MR) is 67.4 cm³/mol. The molecular formula is C11H16N2O4S. The summed E-state index contributed by atoms with van der Waals surface area (Å²) in [6, 6.07) is 4.01. The van der Waals surface area contributed by atoms with E-state index in [2.05, 4.69) is 0 Å².